The zero-order chi connectivity index (χ0) is 13.0. The summed E-state index contributed by atoms with van der Waals surface area (Å²) in [7, 11) is 1.72. The number of ether oxygens (including phenoxy) is 1. The lowest BCUT2D eigenvalue weighted by Crippen LogP contribution is -2.49. The van der Waals surface area contributed by atoms with Crippen LogP contribution in [0.4, 0.5) is 0 Å². The Hall–Kier alpha value is -1.06. The molecule has 3 atom stereocenters. The quantitative estimate of drug-likeness (QED) is 0.859. The van der Waals surface area contributed by atoms with Gasteiger partial charge in [-0.25, -0.2) is 0 Å². The molecule has 1 heterocycles. The van der Waals surface area contributed by atoms with Crippen molar-refractivity contribution in [3.63, 3.8) is 0 Å². The average Bonchev–Trinajstić information content (AvgIpc) is 2.41. The topological polar surface area (TPSA) is 47.3 Å². The van der Waals surface area contributed by atoms with Crippen LogP contribution in [-0.2, 0) is 0 Å². The fraction of sp³-hybridized carbons (Fsp3) is 0.600. The number of rotatable bonds is 4. The van der Waals surface area contributed by atoms with Gasteiger partial charge in [0.25, 0.3) is 0 Å². The summed E-state index contributed by atoms with van der Waals surface area (Å²) in [6.07, 6.45) is 3.47. The third kappa shape index (κ3) is 3.03. The van der Waals surface area contributed by atoms with Gasteiger partial charge < -0.3 is 15.8 Å². The molecule has 3 heteroatoms. The largest absolute Gasteiger partial charge is 0.497 e. The molecular formula is C15H24N2O. The highest BCUT2D eigenvalue weighted by molar-refractivity contribution is 5.32. The van der Waals surface area contributed by atoms with Gasteiger partial charge in [-0.1, -0.05) is 25.5 Å². The Bertz CT molecular complexity index is 381. The van der Waals surface area contributed by atoms with Crippen LogP contribution >= 0.6 is 0 Å². The van der Waals surface area contributed by atoms with Gasteiger partial charge in [0.15, 0.2) is 0 Å². The van der Waals surface area contributed by atoms with Gasteiger partial charge in [-0.05, 0) is 30.5 Å². The maximum atomic E-state index is 6.10. The smallest absolute Gasteiger partial charge is 0.119 e. The van der Waals surface area contributed by atoms with Gasteiger partial charge in [-0.3, -0.25) is 0 Å². The standard InChI is InChI=1S/C15H24N2O/c1-3-5-15-14(9-12(16)10-17-15)11-6-4-7-13(8-11)18-2/h4,6-8,12,14-15,17H,3,5,9-10,16H2,1-2H3. The molecule has 1 aliphatic rings. The highest BCUT2D eigenvalue weighted by Crippen LogP contribution is 2.31. The van der Waals surface area contributed by atoms with E-state index in [9.17, 15) is 0 Å². The molecule has 1 aromatic carbocycles. The van der Waals surface area contributed by atoms with Gasteiger partial charge in [0.05, 0.1) is 7.11 Å². The molecule has 2 rings (SSSR count). The van der Waals surface area contributed by atoms with Crippen LogP contribution < -0.4 is 15.8 Å². The molecule has 0 saturated carbocycles. The number of hydrogen-bond donors (Lipinski definition) is 2. The first-order valence-corrected chi connectivity index (χ1v) is 6.87. The maximum Gasteiger partial charge on any atom is 0.119 e. The summed E-state index contributed by atoms with van der Waals surface area (Å²) in [5, 5.41) is 3.59. The third-order valence-corrected chi connectivity index (χ3v) is 3.81. The lowest BCUT2D eigenvalue weighted by molar-refractivity contribution is 0.305. The van der Waals surface area contributed by atoms with Crippen molar-refractivity contribution < 1.29 is 4.74 Å². The van der Waals surface area contributed by atoms with Crippen molar-refractivity contribution in [1.29, 1.82) is 0 Å². The van der Waals surface area contributed by atoms with E-state index >= 15 is 0 Å². The fourth-order valence-corrected chi connectivity index (χ4v) is 2.87. The molecule has 0 amide bonds. The Kier molecular flexibility index (Phi) is 4.61. The Labute approximate surface area is 110 Å². The predicted molar refractivity (Wildman–Crippen MR) is 75.0 cm³/mol. The second kappa shape index (κ2) is 6.21. The molecule has 1 fully saturated rings. The minimum absolute atomic E-state index is 0.259. The zero-order valence-electron chi connectivity index (χ0n) is 11.4. The molecule has 1 aliphatic heterocycles. The molecule has 1 saturated heterocycles. The van der Waals surface area contributed by atoms with E-state index in [2.05, 4.69) is 30.4 Å². The zero-order valence-corrected chi connectivity index (χ0v) is 11.4. The van der Waals surface area contributed by atoms with E-state index in [4.69, 9.17) is 10.5 Å². The molecular weight excluding hydrogens is 224 g/mol. The minimum Gasteiger partial charge on any atom is -0.497 e. The molecule has 18 heavy (non-hydrogen) atoms. The van der Waals surface area contributed by atoms with E-state index in [0.29, 0.717) is 12.0 Å². The number of hydrogen-bond acceptors (Lipinski definition) is 3. The first-order chi connectivity index (χ1) is 8.74. The van der Waals surface area contributed by atoms with Crippen LogP contribution in [0.2, 0.25) is 0 Å². The van der Waals surface area contributed by atoms with Gasteiger partial charge in [-0.2, -0.15) is 0 Å². The van der Waals surface area contributed by atoms with Gasteiger partial charge in [0, 0.05) is 24.5 Å². The van der Waals surface area contributed by atoms with Crippen LogP contribution in [0.1, 0.15) is 37.7 Å². The van der Waals surface area contributed by atoms with E-state index < -0.39 is 0 Å². The molecule has 0 aromatic heterocycles. The minimum atomic E-state index is 0.259. The first kappa shape index (κ1) is 13.4. The SMILES string of the molecule is CCCC1NCC(N)CC1c1cccc(OC)c1. The molecule has 3 unspecified atom stereocenters. The van der Waals surface area contributed by atoms with Crippen molar-refractivity contribution >= 4 is 0 Å². The second-order valence-corrected chi connectivity index (χ2v) is 5.18. The molecule has 1 aromatic rings. The van der Waals surface area contributed by atoms with Gasteiger partial charge in [0.1, 0.15) is 5.75 Å². The first-order valence-electron chi connectivity index (χ1n) is 6.87. The van der Waals surface area contributed by atoms with Crippen molar-refractivity contribution in [2.75, 3.05) is 13.7 Å². The second-order valence-electron chi connectivity index (χ2n) is 5.18. The van der Waals surface area contributed by atoms with Crippen molar-refractivity contribution in [3.05, 3.63) is 29.8 Å². The lowest BCUT2D eigenvalue weighted by atomic mass is 9.81. The fourth-order valence-electron chi connectivity index (χ4n) is 2.87. The number of nitrogens with two attached hydrogens (primary N) is 1. The van der Waals surface area contributed by atoms with E-state index in [1.54, 1.807) is 7.11 Å². The molecule has 0 aliphatic carbocycles. The van der Waals surface area contributed by atoms with Crippen LogP contribution in [0.25, 0.3) is 0 Å². The third-order valence-electron chi connectivity index (χ3n) is 3.81. The molecule has 3 nitrogen and oxygen atoms in total. The highest BCUT2D eigenvalue weighted by Gasteiger charge is 2.29. The van der Waals surface area contributed by atoms with E-state index in [1.165, 1.54) is 18.4 Å². The van der Waals surface area contributed by atoms with Crippen LogP contribution in [0, 0.1) is 0 Å². The predicted octanol–water partition coefficient (Wildman–Crippen LogP) is 2.27. The summed E-state index contributed by atoms with van der Waals surface area (Å²) in [5.41, 5.74) is 7.44. The summed E-state index contributed by atoms with van der Waals surface area (Å²) in [6, 6.07) is 9.20. The lowest BCUT2D eigenvalue weighted by Gasteiger charge is -2.36. The number of nitrogens with one attached hydrogen (secondary N) is 1. The van der Waals surface area contributed by atoms with Crippen molar-refractivity contribution in [2.45, 2.75) is 44.2 Å². The summed E-state index contributed by atoms with van der Waals surface area (Å²) >= 11 is 0. The van der Waals surface area contributed by atoms with Crippen LogP contribution in [-0.4, -0.2) is 25.7 Å². The number of benzene rings is 1. The Morgan fingerprint density at radius 2 is 2.28 bits per heavy atom. The molecule has 0 bridgehead atoms. The maximum absolute atomic E-state index is 6.10. The van der Waals surface area contributed by atoms with E-state index in [-0.39, 0.29) is 6.04 Å². The summed E-state index contributed by atoms with van der Waals surface area (Å²) in [6.45, 7) is 3.17. The molecule has 100 valence electrons. The van der Waals surface area contributed by atoms with Gasteiger partial charge in [-0.15, -0.1) is 0 Å². The van der Waals surface area contributed by atoms with Crippen molar-refractivity contribution in [1.82, 2.24) is 5.32 Å². The van der Waals surface area contributed by atoms with Gasteiger partial charge >= 0.3 is 0 Å². The van der Waals surface area contributed by atoms with E-state index in [1.807, 2.05) is 6.07 Å². The normalized spacial score (nSPS) is 28.1. The van der Waals surface area contributed by atoms with Crippen LogP contribution in [0.3, 0.4) is 0 Å². The summed E-state index contributed by atoms with van der Waals surface area (Å²) < 4.78 is 5.32. The number of piperidine rings is 1. The summed E-state index contributed by atoms with van der Waals surface area (Å²) in [5.74, 6) is 1.44. The number of methoxy groups -OCH3 is 1. The summed E-state index contributed by atoms with van der Waals surface area (Å²) in [4.78, 5) is 0. The van der Waals surface area contributed by atoms with Crippen molar-refractivity contribution in [3.8, 4) is 5.75 Å². The molecule has 0 spiro atoms. The van der Waals surface area contributed by atoms with E-state index in [0.717, 1.165) is 18.7 Å². The Morgan fingerprint density at radius 1 is 1.44 bits per heavy atom. The Morgan fingerprint density at radius 3 is 3.00 bits per heavy atom. The van der Waals surface area contributed by atoms with Crippen LogP contribution in [0.15, 0.2) is 24.3 Å². The molecule has 3 N–H and O–H groups in total. The monoisotopic (exact) mass is 248 g/mol. The average molecular weight is 248 g/mol. The van der Waals surface area contributed by atoms with Crippen molar-refractivity contribution in [2.24, 2.45) is 5.73 Å². The van der Waals surface area contributed by atoms with Gasteiger partial charge in [0.2, 0.25) is 0 Å². The van der Waals surface area contributed by atoms with Crippen LogP contribution in [0.5, 0.6) is 5.75 Å². The molecule has 0 radical (unpaired) electrons. The Balaban J connectivity index is 2.20. The highest BCUT2D eigenvalue weighted by atomic mass is 16.5.